The van der Waals surface area contributed by atoms with Crippen LogP contribution in [-0.2, 0) is 4.74 Å². The maximum Gasteiger partial charge on any atom is 0.163 e. The third-order valence-electron chi connectivity index (χ3n) is 6.77. The lowest BCUT2D eigenvalue weighted by molar-refractivity contribution is -0.959. The lowest BCUT2D eigenvalue weighted by Gasteiger charge is -2.45. The lowest BCUT2D eigenvalue weighted by atomic mass is 9.79. The molecule has 30 heavy (non-hydrogen) atoms. The molecule has 156 valence electrons. The van der Waals surface area contributed by atoms with Crippen LogP contribution < -0.4 is 10.2 Å². The summed E-state index contributed by atoms with van der Waals surface area (Å²) >= 11 is 0. The lowest BCUT2D eigenvalue weighted by Crippen LogP contribution is -3.22. The Labute approximate surface area is 177 Å². The van der Waals surface area contributed by atoms with Crippen LogP contribution in [0.3, 0.4) is 0 Å². The van der Waals surface area contributed by atoms with Crippen molar-refractivity contribution in [2.24, 2.45) is 0 Å². The molecule has 2 fully saturated rings. The molecule has 0 bridgehead atoms. The van der Waals surface area contributed by atoms with Gasteiger partial charge in [0.05, 0.1) is 25.3 Å². The molecule has 0 radical (unpaired) electrons. The molecule has 3 heterocycles. The second-order valence-electron chi connectivity index (χ2n) is 8.57. The van der Waals surface area contributed by atoms with E-state index in [-0.39, 0.29) is 5.54 Å². The van der Waals surface area contributed by atoms with E-state index in [1.807, 2.05) is 24.4 Å². The molecule has 1 aliphatic carbocycles. The number of ether oxygens (including phenoxy) is 1. The second kappa shape index (κ2) is 8.66. The summed E-state index contributed by atoms with van der Waals surface area (Å²) in [6.45, 7) is 4.90. The zero-order valence-corrected chi connectivity index (χ0v) is 17.4. The SMILES string of the molecule is c1cncc(-c2nc(NCC3([NH+]4CCOCC4)CCCCC3)c3ccccc3n2)c1. The van der Waals surface area contributed by atoms with Gasteiger partial charge in [-0.05, 0) is 37.1 Å². The van der Waals surface area contributed by atoms with Gasteiger partial charge in [0.15, 0.2) is 5.82 Å². The van der Waals surface area contributed by atoms with Gasteiger partial charge in [0.25, 0.3) is 0 Å². The van der Waals surface area contributed by atoms with Crippen LogP contribution in [0.15, 0.2) is 48.8 Å². The summed E-state index contributed by atoms with van der Waals surface area (Å²) in [7, 11) is 0. The summed E-state index contributed by atoms with van der Waals surface area (Å²) in [4.78, 5) is 15.7. The minimum Gasteiger partial charge on any atom is -0.370 e. The first-order valence-corrected chi connectivity index (χ1v) is 11.2. The van der Waals surface area contributed by atoms with Gasteiger partial charge in [-0.2, -0.15) is 0 Å². The third kappa shape index (κ3) is 3.89. The number of anilines is 1. The minimum absolute atomic E-state index is 0.266. The van der Waals surface area contributed by atoms with Crippen LogP contribution in [0.4, 0.5) is 5.82 Å². The van der Waals surface area contributed by atoms with Crippen molar-refractivity contribution in [3.63, 3.8) is 0 Å². The largest absolute Gasteiger partial charge is 0.370 e. The Bertz CT molecular complexity index is 981. The predicted molar refractivity (Wildman–Crippen MR) is 119 cm³/mol. The number of benzene rings is 1. The molecule has 0 amide bonds. The monoisotopic (exact) mass is 404 g/mol. The van der Waals surface area contributed by atoms with Gasteiger partial charge in [0.2, 0.25) is 0 Å². The van der Waals surface area contributed by atoms with E-state index in [4.69, 9.17) is 14.7 Å². The first-order chi connectivity index (χ1) is 14.8. The maximum atomic E-state index is 5.65. The first-order valence-electron chi connectivity index (χ1n) is 11.2. The fraction of sp³-hybridized carbons (Fsp3) is 0.458. The van der Waals surface area contributed by atoms with E-state index in [1.54, 1.807) is 11.1 Å². The topological polar surface area (TPSA) is 64.4 Å². The number of fused-ring (bicyclic) bond motifs is 1. The van der Waals surface area contributed by atoms with Crippen molar-refractivity contribution in [1.82, 2.24) is 15.0 Å². The van der Waals surface area contributed by atoms with Crippen LogP contribution in [0.25, 0.3) is 22.3 Å². The number of morpholine rings is 1. The number of hydrogen-bond acceptors (Lipinski definition) is 5. The summed E-state index contributed by atoms with van der Waals surface area (Å²) in [6, 6.07) is 12.2. The van der Waals surface area contributed by atoms with Crippen molar-refractivity contribution in [3.8, 4) is 11.4 Å². The Hall–Kier alpha value is -2.57. The van der Waals surface area contributed by atoms with Gasteiger partial charge in [-0.3, -0.25) is 4.98 Å². The Kier molecular flexibility index (Phi) is 5.60. The summed E-state index contributed by atoms with van der Waals surface area (Å²) in [6.07, 6.45) is 10.1. The van der Waals surface area contributed by atoms with Gasteiger partial charge in [0, 0.05) is 36.2 Å². The molecular weight excluding hydrogens is 374 g/mol. The predicted octanol–water partition coefficient (Wildman–Crippen LogP) is 2.72. The van der Waals surface area contributed by atoms with Crippen molar-refractivity contribution in [1.29, 1.82) is 0 Å². The smallest absolute Gasteiger partial charge is 0.163 e. The van der Waals surface area contributed by atoms with E-state index in [0.717, 1.165) is 61.0 Å². The number of aromatic nitrogens is 3. The average molecular weight is 405 g/mol. The maximum absolute atomic E-state index is 5.65. The van der Waals surface area contributed by atoms with E-state index in [2.05, 4.69) is 28.5 Å². The molecule has 6 heteroatoms. The summed E-state index contributed by atoms with van der Waals surface area (Å²) in [5.41, 5.74) is 2.17. The van der Waals surface area contributed by atoms with Gasteiger partial charge in [-0.15, -0.1) is 0 Å². The molecular formula is C24H30N5O+. The molecule has 0 atom stereocenters. The van der Waals surface area contributed by atoms with E-state index >= 15 is 0 Å². The van der Waals surface area contributed by atoms with Crippen LogP contribution in [0.2, 0.25) is 0 Å². The Balaban J connectivity index is 1.47. The highest BCUT2D eigenvalue weighted by molar-refractivity contribution is 5.90. The molecule has 0 spiro atoms. The number of quaternary nitrogens is 1. The number of para-hydroxylation sites is 1. The number of nitrogens with zero attached hydrogens (tertiary/aromatic N) is 3. The molecule has 1 aliphatic heterocycles. The van der Waals surface area contributed by atoms with Crippen LogP contribution in [-0.4, -0.2) is 53.3 Å². The summed E-state index contributed by atoms with van der Waals surface area (Å²) in [5.74, 6) is 1.65. The van der Waals surface area contributed by atoms with E-state index in [9.17, 15) is 0 Å². The molecule has 0 unspecified atom stereocenters. The van der Waals surface area contributed by atoms with Crippen molar-refractivity contribution in [3.05, 3.63) is 48.8 Å². The normalized spacial score (nSPS) is 19.6. The number of hydrogen-bond donors (Lipinski definition) is 2. The van der Waals surface area contributed by atoms with Crippen LogP contribution >= 0.6 is 0 Å². The Morgan fingerprint density at radius 2 is 1.80 bits per heavy atom. The first kappa shape index (κ1) is 19.4. The Morgan fingerprint density at radius 3 is 2.60 bits per heavy atom. The Morgan fingerprint density at radius 1 is 0.967 bits per heavy atom. The van der Waals surface area contributed by atoms with Gasteiger partial charge in [-0.1, -0.05) is 18.6 Å². The highest BCUT2D eigenvalue weighted by Crippen LogP contribution is 2.29. The molecule has 2 aromatic heterocycles. The number of pyridine rings is 1. The van der Waals surface area contributed by atoms with Crippen LogP contribution in [0, 0.1) is 0 Å². The molecule has 2 aliphatic rings. The number of rotatable bonds is 5. The highest BCUT2D eigenvalue weighted by atomic mass is 16.5. The molecule has 1 saturated carbocycles. The molecule has 2 N–H and O–H groups in total. The van der Waals surface area contributed by atoms with E-state index in [1.165, 1.54) is 32.1 Å². The van der Waals surface area contributed by atoms with Crippen molar-refractivity contribution in [2.75, 3.05) is 38.2 Å². The quantitative estimate of drug-likeness (QED) is 0.685. The zero-order chi connectivity index (χ0) is 20.2. The fourth-order valence-corrected chi connectivity index (χ4v) is 5.12. The number of nitrogens with one attached hydrogen (secondary N) is 2. The van der Waals surface area contributed by atoms with Crippen molar-refractivity contribution >= 4 is 16.7 Å². The van der Waals surface area contributed by atoms with E-state index < -0.39 is 0 Å². The molecule has 1 saturated heterocycles. The molecule has 6 nitrogen and oxygen atoms in total. The van der Waals surface area contributed by atoms with Gasteiger partial charge >= 0.3 is 0 Å². The van der Waals surface area contributed by atoms with Gasteiger partial charge < -0.3 is 15.0 Å². The minimum atomic E-state index is 0.266. The average Bonchev–Trinajstić information content (AvgIpc) is 2.84. The summed E-state index contributed by atoms with van der Waals surface area (Å²) in [5, 5.41) is 4.85. The van der Waals surface area contributed by atoms with Crippen molar-refractivity contribution in [2.45, 2.75) is 37.6 Å². The van der Waals surface area contributed by atoms with Gasteiger partial charge in [-0.25, -0.2) is 9.97 Å². The zero-order valence-electron chi connectivity index (χ0n) is 17.4. The second-order valence-corrected chi connectivity index (χ2v) is 8.57. The van der Waals surface area contributed by atoms with Crippen LogP contribution in [0.1, 0.15) is 32.1 Å². The fourth-order valence-electron chi connectivity index (χ4n) is 5.12. The molecule has 5 rings (SSSR count). The van der Waals surface area contributed by atoms with Gasteiger partial charge in [0.1, 0.15) is 24.4 Å². The third-order valence-corrected chi connectivity index (χ3v) is 6.77. The standard InChI is InChI=1S/C24H29N5O/c1-4-10-24(11-5-1,29-13-15-30-16-14-29)18-26-23-20-8-2-3-9-21(20)27-22(28-23)19-7-6-12-25-17-19/h2-3,6-9,12,17H,1,4-5,10-11,13-16,18H2,(H,26,27,28)/p+1. The molecule has 1 aromatic carbocycles. The molecule has 3 aromatic rings. The van der Waals surface area contributed by atoms with E-state index in [0.29, 0.717) is 0 Å². The van der Waals surface area contributed by atoms with Crippen molar-refractivity contribution < 1.29 is 9.64 Å². The van der Waals surface area contributed by atoms with Crippen LogP contribution in [0.5, 0.6) is 0 Å². The highest BCUT2D eigenvalue weighted by Gasteiger charge is 2.42. The summed E-state index contributed by atoms with van der Waals surface area (Å²) < 4.78 is 5.65.